The van der Waals surface area contributed by atoms with Crippen molar-refractivity contribution in [2.45, 2.75) is 0 Å². The highest BCUT2D eigenvalue weighted by atomic mass is 16.3. The van der Waals surface area contributed by atoms with Gasteiger partial charge in [-0.1, -0.05) is 25.3 Å². The van der Waals surface area contributed by atoms with Crippen LogP contribution in [0.2, 0.25) is 0 Å². The summed E-state index contributed by atoms with van der Waals surface area (Å²) in [6, 6.07) is 2.83. The van der Waals surface area contributed by atoms with Crippen LogP contribution >= 0.6 is 0 Å². The van der Waals surface area contributed by atoms with E-state index in [9.17, 15) is 10.2 Å². The van der Waals surface area contributed by atoms with Gasteiger partial charge in [0.25, 0.3) is 0 Å². The first kappa shape index (κ1) is 8.40. The number of hydrogen-bond acceptors (Lipinski definition) is 2. The molecular formula is C10H10O2. The first-order valence-corrected chi connectivity index (χ1v) is 3.50. The molecule has 62 valence electrons. The fourth-order valence-electron chi connectivity index (χ4n) is 1.04. The maximum atomic E-state index is 9.32. The molecule has 12 heavy (non-hydrogen) atoms. The van der Waals surface area contributed by atoms with Crippen LogP contribution < -0.4 is 0 Å². The van der Waals surface area contributed by atoms with Gasteiger partial charge >= 0.3 is 0 Å². The molecule has 0 aliphatic heterocycles. The lowest BCUT2D eigenvalue weighted by Crippen LogP contribution is -1.82. The molecule has 1 rings (SSSR count). The number of aromatic hydroxyl groups is 2. The number of rotatable bonds is 2. The molecule has 0 amide bonds. The molecule has 1 aromatic carbocycles. The minimum Gasteiger partial charge on any atom is -0.507 e. The molecule has 0 spiro atoms. The van der Waals surface area contributed by atoms with Gasteiger partial charge in [0.1, 0.15) is 11.5 Å². The predicted octanol–water partition coefficient (Wildman–Crippen LogP) is 2.38. The molecule has 0 fully saturated rings. The van der Waals surface area contributed by atoms with E-state index in [0.717, 1.165) is 0 Å². The van der Waals surface area contributed by atoms with Gasteiger partial charge in [-0.3, -0.25) is 0 Å². The van der Waals surface area contributed by atoms with Crippen molar-refractivity contribution in [2.75, 3.05) is 0 Å². The summed E-state index contributed by atoms with van der Waals surface area (Å²) in [5, 5.41) is 18.6. The summed E-state index contributed by atoms with van der Waals surface area (Å²) in [5.41, 5.74) is 1.01. The van der Waals surface area contributed by atoms with Crippen LogP contribution in [0.5, 0.6) is 11.5 Å². The fourth-order valence-corrected chi connectivity index (χ4v) is 1.04. The Bertz CT molecular complexity index is 294. The Morgan fingerprint density at radius 2 is 1.25 bits per heavy atom. The van der Waals surface area contributed by atoms with Crippen LogP contribution in [0.25, 0.3) is 12.2 Å². The average Bonchev–Trinajstić information content (AvgIpc) is 2.08. The van der Waals surface area contributed by atoms with Gasteiger partial charge < -0.3 is 10.2 Å². The Morgan fingerprint density at radius 1 is 0.917 bits per heavy atom. The molecule has 0 unspecified atom stereocenters. The van der Waals surface area contributed by atoms with Gasteiger partial charge in [-0.2, -0.15) is 0 Å². The zero-order valence-corrected chi connectivity index (χ0v) is 6.62. The highest BCUT2D eigenvalue weighted by Crippen LogP contribution is 2.30. The molecule has 1 aromatic rings. The molecule has 0 bridgehead atoms. The van der Waals surface area contributed by atoms with Gasteiger partial charge in [-0.05, 0) is 12.1 Å². The molecule has 0 aliphatic carbocycles. The molecular weight excluding hydrogens is 152 g/mol. The van der Waals surface area contributed by atoms with Crippen molar-refractivity contribution in [3.05, 3.63) is 36.4 Å². The van der Waals surface area contributed by atoms with E-state index >= 15 is 0 Å². The van der Waals surface area contributed by atoms with Crippen molar-refractivity contribution in [1.82, 2.24) is 0 Å². The van der Waals surface area contributed by atoms with E-state index < -0.39 is 0 Å². The minimum atomic E-state index is 0.0951. The lowest BCUT2D eigenvalue weighted by molar-refractivity contribution is 0.458. The van der Waals surface area contributed by atoms with Crippen molar-refractivity contribution in [3.63, 3.8) is 0 Å². The summed E-state index contributed by atoms with van der Waals surface area (Å²) in [6.07, 6.45) is 2.96. The maximum absolute atomic E-state index is 9.32. The zero-order chi connectivity index (χ0) is 9.14. The van der Waals surface area contributed by atoms with E-state index in [0.29, 0.717) is 11.1 Å². The summed E-state index contributed by atoms with van der Waals surface area (Å²) in [6.45, 7) is 7.05. The van der Waals surface area contributed by atoms with Crippen molar-refractivity contribution in [2.24, 2.45) is 0 Å². The standard InChI is InChI=1S/C10H10O2/c1-3-7-8(4-2)10(12)6-5-9(7)11/h3-6,11-12H,1-2H2. The van der Waals surface area contributed by atoms with Gasteiger partial charge in [0, 0.05) is 11.1 Å². The summed E-state index contributed by atoms with van der Waals surface area (Å²) in [5.74, 6) is 0.190. The molecule has 0 saturated heterocycles. The highest BCUT2D eigenvalue weighted by molar-refractivity contribution is 5.72. The van der Waals surface area contributed by atoms with Crippen LogP contribution in [0.3, 0.4) is 0 Å². The van der Waals surface area contributed by atoms with E-state index in [1.54, 1.807) is 0 Å². The van der Waals surface area contributed by atoms with Crippen molar-refractivity contribution in [1.29, 1.82) is 0 Å². The molecule has 0 aliphatic rings. The summed E-state index contributed by atoms with van der Waals surface area (Å²) in [4.78, 5) is 0. The fraction of sp³-hybridized carbons (Fsp3) is 0. The van der Waals surface area contributed by atoms with Crippen molar-refractivity contribution in [3.8, 4) is 11.5 Å². The van der Waals surface area contributed by atoms with Crippen molar-refractivity contribution >= 4 is 12.2 Å². The third kappa shape index (κ3) is 1.19. The minimum absolute atomic E-state index is 0.0951. The first-order valence-electron chi connectivity index (χ1n) is 3.50. The third-order valence-electron chi connectivity index (χ3n) is 1.65. The summed E-state index contributed by atoms with van der Waals surface area (Å²) in [7, 11) is 0. The quantitative estimate of drug-likeness (QED) is 0.655. The molecule has 2 N–H and O–H groups in total. The smallest absolute Gasteiger partial charge is 0.123 e. The maximum Gasteiger partial charge on any atom is 0.123 e. The molecule has 0 saturated carbocycles. The predicted molar refractivity (Wildman–Crippen MR) is 50.0 cm³/mol. The zero-order valence-electron chi connectivity index (χ0n) is 6.62. The Morgan fingerprint density at radius 3 is 1.50 bits per heavy atom. The van der Waals surface area contributed by atoms with Crippen LogP contribution in [0.4, 0.5) is 0 Å². The Hall–Kier alpha value is -1.70. The number of phenols is 2. The second-order valence-electron chi connectivity index (χ2n) is 2.34. The first-order chi connectivity index (χ1) is 5.70. The average molecular weight is 162 g/mol. The van der Waals surface area contributed by atoms with E-state index in [2.05, 4.69) is 13.2 Å². The van der Waals surface area contributed by atoms with Gasteiger partial charge in [0.2, 0.25) is 0 Å². The molecule has 2 heteroatoms. The molecule has 0 aromatic heterocycles. The second-order valence-corrected chi connectivity index (χ2v) is 2.34. The normalized spacial score (nSPS) is 9.33. The Balaban J connectivity index is 3.48. The summed E-state index contributed by atoms with van der Waals surface area (Å²) >= 11 is 0. The van der Waals surface area contributed by atoms with Gasteiger partial charge in [-0.25, -0.2) is 0 Å². The largest absolute Gasteiger partial charge is 0.507 e. The Kier molecular flexibility index (Phi) is 2.19. The van der Waals surface area contributed by atoms with E-state index in [1.807, 2.05) is 0 Å². The molecule has 0 heterocycles. The number of hydrogen-bond donors (Lipinski definition) is 2. The highest BCUT2D eigenvalue weighted by Gasteiger charge is 2.05. The molecule has 2 nitrogen and oxygen atoms in total. The lowest BCUT2D eigenvalue weighted by Gasteiger charge is -2.05. The summed E-state index contributed by atoms with van der Waals surface area (Å²) < 4.78 is 0. The van der Waals surface area contributed by atoms with Crippen LogP contribution in [0.1, 0.15) is 11.1 Å². The van der Waals surface area contributed by atoms with E-state index in [-0.39, 0.29) is 11.5 Å². The van der Waals surface area contributed by atoms with E-state index in [4.69, 9.17) is 0 Å². The van der Waals surface area contributed by atoms with Crippen LogP contribution in [0, 0.1) is 0 Å². The number of benzene rings is 1. The van der Waals surface area contributed by atoms with E-state index in [1.165, 1.54) is 24.3 Å². The van der Waals surface area contributed by atoms with Gasteiger partial charge in [-0.15, -0.1) is 0 Å². The van der Waals surface area contributed by atoms with Gasteiger partial charge in [0.15, 0.2) is 0 Å². The molecule has 0 atom stereocenters. The van der Waals surface area contributed by atoms with Crippen molar-refractivity contribution < 1.29 is 10.2 Å². The number of phenolic OH excluding ortho intramolecular Hbond substituents is 2. The van der Waals surface area contributed by atoms with Crippen LogP contribution in [0.15, 0.2) is 25.3 Å². The van der Waals surface area contributed by atoms with Gasteiger partial charge in [0.05, 0.1) is 0 Å². The third-order valence-corrected chi connectivity index (χ3v) is 1.65. The second kappa shape index (κ2) is 3.13. The lowest BCUT2D eigenvalue weighted by atomic mass is 10.1. The van der Waals surface area contributed by atoms with Crippen LogP contribution in [-0.4, -0.2) is 10.2 Å². The van der Waals surface area contributed by atoms with Crippen LogP contribution in [-0.2, 0) is 0 Å². The SMILES string of the molecule is C=Cc1c(O)ccc(O)c1C=C. The topological polar surface area (TPSA) is 40.5 Å². The monoisotopic (exact) mass is 162 g/mol. The Labute approximate surface area is 71.1 Å². The molecule has 0 radical (unpaired) electrons.